The molecule has 0 aliphatic carbocycles. The van der Waals surface area contributed by atoms with Crippen molar-refractivity contribution in [3.05, 3.63) is 23.8 Å². The van der Waals surface area contributed by atoms with Crippen LogP contribution in [-0.2, 0) is 10.8 Å². The molecule has 1 aromatic rings. The SMILES string of the molecule is Cc1cc(N)ccc1S(=O)CCC(F)(F)F. The highest BCUT2D eigenvalue weighted by Gasteiger charge is 2.28. The van der Waals surface area contributed by atoms with Crippen molar-refractivity contribution in [1.29, 1.82) is 0 Å². The van der Waals surface area contributed by atoms with E-state index < -0.39 is 29.1 Å². The van der Waals surface area contributed by atoms with Crippen LogP contribution in [0.2, 0.25) is 0 Å². The predicted octanol–water partition coefficient (Wildman–Crippen LogP) is 2.64. The van der Waals surface area contributed by atoms with Gasteiger partial charge >= 0.3 is 6.18 Å². The first kappa shape index (κ1) is 13.0. The second kappa shape index (κ2) is 4.86. The van der Waals surface area contributed by atoms with Gasteiger partial charge < -0.3 is 5.73 Å². The van der Waals surface area contributed by atoms with E-state index >= 15 is 0 Å². The Bertz CT molecular complexity index is 404. The first-order valence-electron chi connectivity index (χ1n) is 4.61. The van der Waals surface area contributed by atoms with Crippen LogP contribution in [0, 0.1) is 6.92 Å². The smallest absolute Gasteiger partial charge is 0.390 e. The van der Waals surface area contributed by atoms with Crippen molar-refractivity contribution in [1.82, 2.24) is 0 Å². The summed E-state index contributed by atoms with van der Waals surface area (Å²) in [5.41, 5.74) is 6.65. The van der Waals surface area contributed by atoms with E-state index in [0.717, 1.165) is 0 Å². The van der Waals surface area contributed by atoms with Crippen molar-refractivity contribution < 1.29 is 17.4 Å². The van der Waals surface area contributed by atoms with Crippen molar-refractivity contribution >= 4 is 16.5 Å². The molecule has 0 radical (unpaired) electrons. The fourth-order valence-corrected chi connectivity index (χ4v) is 2.52. The highest BCUT2D eigenvalue weighted by molar-refractivity contribution is 7.85. The maximum absolute atomic E-state index is 11.9. The molecule has 1 rings (SSSR count). The van der Waals surface area contributed by atoms with Crippen LogP contribution in [-0.4, -0.2) is 16.1 Å². The average Bonchev–Trinajstić information content (AvgIpc) is 2.13. The molecule has 90 valence electrons. The minimum Gasteiger partial charge on any atom is -0.399 e. The third-order valence-electron chi connectivity index (χ3n) is 2.02. The molecule has 0 aromatic heterocycles. The van der Waals surface area contributed by atoms with E-state index in [-0.39, 0.29) is 0 Å². The van der Waals surface area contributed by atoms with Crippen molar-refractivity contribution in [2.45, 2.75) is 24.4 Å². The zero-order valence-corrected chi connectivity index (χ0v) is 9.49. The highest BCUT2D eigenvalue weighted by Crippen LogP contribution is 2.23. The van der Waals surface area contributed by atoms with E-state index in [4.69, 9.17) is 5.73 Å². The van der Waals surface area contributed by atoms with Crippen molar-refractivity contribution in [2.24, 2.45) is 0 Å². The molecule has 1 unspecified atom stereocenters. The molecule has 0 heterocycles. The minimum absolute atomic E-state index is 0.408. The van der Waals surface area contributed by atoms with Crippen molar-refractivity contribution in [3.63, 3.8) is 0 Å². The Hall–Kier alpha value is -1.04. The molecular weight excluding hydrogens is 239 g/mol. The molecule has 2 nitrogen and oxygen atoms in total. The number of benzene rings is 1. The molecule has 16 heavy (non-hydrogen) atoms. The Balaban J connectivity index is 2.74. The molecule has 0 amide bonds. The number of rotatable bonds is 3. The van der Waals surface area contributed by atoms with Gasteiger partial charge in [0.2, 0.25) is 0 Å². The number of hydrogen-bond acceptors (Lipinski definition) is 2. The summed E-state index contributed by atoms with van der Waals surface area (Å²) in [6, 6.07) is 4.64. The van der Waals surface area contributed by atoms with Crippen LogP contribution >= 0.6 is 0 Å². The van der Waals surface area contributed by atoms with Gasteiger partial charge in [-0.05, 0) is 30.7 Å². The second-order valence-corrected chi connectivity index (χ2v) is 4.98. The number of aryl methyl sites for hydroxylation is 1. The van der Waals surface area contributed by atoms with Gasteiger partial charge in [-0.2, -0.15) is 13.2 Å². The average molecular weight is 251 g/mol. The zero-order chi connectivity index (χ0) is 12.3. The number of alkyl halides is 3. The first-order chi connectivity index (χ1) is 7.29. The fourth-order valence-electron chi connectivity index (χ4n) is 1.25. The van der Waals surface area contributed by atoms with Gasteiger partial charge in [-0.1, -0.05) is 0 Å². The molecule has 0 spiro atoms. The molecule has 0 saturated heterocycles. The highest BCUT2D eigenvalue weighted by atomic mass is 32.2. The Labute approximate surface area is 94.1 Å². The molecule has 1 aromatic carbocycles. The summed E-state index contributed by atoms with van der Waals surface area (Å²) in [6.45, 7) is 1.68. The van der Waals surface area contributed by atoms with Gasteiger partial charge in [-0.25, -0.2) is 0 Å². The van der Waals surface area contributed by atoms with Crippen LogP contribution < -0.4 is 5.73 Å². The van der Waals surface area contributed by atoms with Gasteiger partial charge in [0.15, 0.2) is 0 Å². The van der Waals surface area contributed by atoms with Crippen LogP contribution in [0.1, 0.15) is 12.0 Å². The van der Waals surface area contributed by atoms with Gasteiger partial charge in [0.05, 0.1) is 17.2 Å². The topological polar surface area (TPSA) is 43.1 Å². The van der Waals surface area contributed by atoms with Crippen LogP contribution in [0.3, 0.4) is 0 Å². The molecule has 0 aliphatic rings. The molecule has 0 saturated carbocycles. The van der Waals surface area contributed by atoms with Gasteiger partial charge in [0, 0.05) is 16.3 Å². The van der Waals surface area contributed by atoms with E-state index in [2.05, 4.69) is 0 Å². The van der Waals surface area contributed by atoms with Crippen molar-refractivity contribution in [2.75, 3.05) is 11.5 Å². The minimum atomic E-state index is -4.27. The summed E-state index contributed by atoms with van der Waals surface area (Å²) >= 11 is 0. The first-order valence-corrected chi connectivity index (χ1v) is 5.93. The van der Waals surface area contributed by atoms with Crippen LogP contribution in [0.5, 0.6) is 0 Å². The van der Waals surface area contributed by atoms with Crippen molar-refractivity contribution in [3.8, 4) is 0 Å². The standard InChI is InChI=1S/C10H12F3NOS/c1-7-6-8(14)2-3-9(7)16(15)5-4-10(11,12)13/h2-3,6H,4-5,14H2,1H3. The monoisotopic (exact) mass is 251 g/mol. The van der Waals surface area contributed by atoms with Gasteiger partial charge in [-0.3, -0.25) is 4.21 Å². The van der Waals surface area contributed by atoms with Crippen LogP contribution in [0.15, 0.2) is 23.1 Å². The third-order valence-corrected chi connectivity index (χ3v) is 3.54. The molecule has 1 atom stereocenters. The van der Waals surface area contributed by atoms with Crippen LogP contribution in [0.25, 0.3) is 0 Å². The maximum Gasteiger partial charge on any atom is 0.390 e. The molecule has 0 aliphatic heterocycles. The summed E-state index contributed by atoms with van der Waals surface area (Å²) in [5.74, 6) is -0.408. The van der Waals surface area contributed by atoms with Crippen LogP contribution in [0.4, 0.5) is 18.9 Å². The summed E-state index contributed by atoms with van der Waals surface area (Å²) in [6.07, 6.45) is -5.30. The lowest BCUT2D eigenvalue weighted by atomic mass is 10.2. The lowest BCUT2D eigenvalue weighted by Gasteiger charge is -2.08. The number of nitrogen functional groups attached to an aromatic ring is 1. The maximum atomic E-state index is 11.9. The van der Waals surface area contributed by atoms with Gasteiger partial charge in [-0.15, -0.1) is 0 Å². The number of nitrogens with two attached hydrogens (primary N) is 1. The van der Waals surface area contributed by atoms with E-state index in [9.17, 15) is 17.4 Å². The predicted molar refractivity (Wildman–Crippen MR) is 57.5 cm³/mol. The lowest BCUT2D eigenvalue weighted by Crippen LogP contribution is -2.13. The van der Waals surface area contributed by atoms with Gasteiger partial charge in [0.25, 0.3) is 0 Å². The number of halogens is 3. The summed E-state index contributed by atoms with van der Waals surface area (Å²) in [5, 5.41) is 0. The zero-order valence-electron chi connectivity index (χ0n) is 8.67. The summed E-state index contributed by atoms with van der Waals surface area (Å²) < 4.78 is 47.4. The van der Waals surface area contributed by atoms with E-state index in [1.807, 2.05) is 0 Å². The quantitative estimate of drug-likeness (QED) is 0.839. The molecule has 0 fully saturated rings. The second-order valence-electron chi connectivity index (χ2n) is 3.44. The lowest BCUT2D eigenvalue weighted by molar-refractivity contribution is -0.129. The van der Waals surface area contributed by atoms with Gasteiger partial charge in [0.1, 0.15) is 0 Å². The summed E-state index contributed by atoms with van der Waals surface area (Å²) in [7, 11) is -1.63. The molecule has 0 bridgehead atoms. The van der Waals surface area contributed by atoms with E-state index in [0.29, 0.717) is 16.1 Å². The molecular formula is C10H12F3NOS. The number of anilines is 1. The summed E-state index contributed by atoms with van der Waals surface area (Å²) in [4.78, 5) is 0.415. The van der Waals surface area contributed by atoms with E-state index in [1.165, 1.54) is 12.1 Å². The molecule has 2 N–H and O–H groups in total. The fraction of sp³-hybridized carbons (Fsp3) is 0.400. The Morgan fingerprint density at radius 1 is 1.38 bits per heavy atom. The Morgan fingerprint density at radius 3 is 2.50 bits per heavy atom. The third kappa shape index (κ3) is 3.84. The Morgan fingerprint density at radius 2 is 2.00 bits per heavy atom. The Kier molecular flexibility index (Phi) is 3.96. The van der Waals surface area contributed by atoms with E-state index in [1.54, 1.807) is 13.0 Å². The normalized spacial score (nSPS) is 13.8. The number of hydrogen-bond donors (Lipinski definition) is 1. The molecule has 6 heteroatoms. The largest absolute Gasteiger partial charge is 0.399 e.